The summed E-state index contributed by atoms with van der Waals surface area (Å²) in [5.41, 5.74) is 0. The zero-order valence-corrected chi connectivity index (χ0v) is 12.2. The Balaban J connectivity index is 3.94. The highest BCUT2D eigenvalue weighted by molar-refractivity contribution is 5.99. The lowest BCUT2D eigenvalue weighted by Crippen LogP contribution is -2.40. The smallest absolute Gasteiger partial charge is 0.228 e. The number of amides is 1. The average Bonchev–Trinajstić information content (AvgIpc) is 2.34. The van der Waals surface area contributed by atoms with E-state index in [0.29, 0.717) is 19.6 Å². The van der Waals surface area contributed by atoms with E-state index in [0.717, 1.165) is 12.8 Å². The van der Waals surface area contributed by atoms with E-state index >= 15 is 0 Å². The van der Waals surface area contributed by atoms with E-state index in [1.54, 1.807) is 0 Å². The maximum Gasteiger partial charge on any atom is 0.228 e. The van der Waals surface area contributed by atoms with Crippen LogP contribution in [0.4, 0.5) is 0 Å². The second-order valence-corrected chi connectivity index (χ2v) is 4.60. The molecular formula is C14H25NO4. The Labute approximate surface area is 115 Å². The van der Waals surface area contributed by atoms with Crippen LogP contribution in [0.25, 0.3) is 0 Å². The molecule has 0 rings (SSSR count). The summed E-state index contributed by atoms with van der Waals surface area (Å²) < 4.78 is 5.19. The van der Waals surface area contributed by atoms with Crippen LogP contribution < -0.4 is 5.32 Å². The van der Waals surface area contributed by atoms with Crippen molar-refractivity contribution in [3.63, 3.8) is 0 Å². The van der Waals surface area contributed by atoms with E-state index in [9.17, 15) is 14.4 Å². The number of hydrogen-bond acceptors (Lipinski definition) is 4. The van der Waals surface area contributed by atoms with E-state index in [1.807, 2.05) is 13.8 Å². The fourth-order valence-electron chi connectivity index (χ4n) is 1.61. The Morgan fingerprint density at radius 2 is 1.79 bits per heavy atom. The van der Waals surface area contributed by atoms with Gasteiger partial charge in [-0.25, -0.2) is 0 Å². The molecule has 1 amide bonds. The third-order valence-electron chi connectivity index (χ3n) is 2.63. The second kappa shape index (κ2) is 10.7. The monoisotopic (exact) mass is 271 g/mol. The van der Waals surface area contributed by atoms with Crippen LogP contribution in [0.15, 0.2) is 0 Å². The van der Waals surface area contributed by atoms with Crippen LogP contribution in [0.1, 0.15) is 52.9 Å². The molecule has 0 heterocycles. The van der Waals surface area contributed by atoms with Crippen LogP contribution in [0.3, 0.4) is 0 Å². The van der Waals surface area contributed by atoms with Crippen molar-refractivity contribution in [2.24, 2.45) is 0 Å². The lowest BCUT2D eigenvalue weighted by Gasteiger charge is -2.14. The Morgan fingerprint density at radius 1 is 1.11 bits per heavy atom. The number of carbonyl (C=O) groups excluding carboxylic acids is 3. The van der Waals surface area contributed by atoms with E-state index in [-0.39, 0.29) is 30.3 Å². The molecule has 1 unspecified atom stereocenters. The summed E-state index contributed by atoms with van der Waals surface area (Å²) in [5, 5.41) is 2.60. The first kappa shape index (κ1) is 17.8. The van der Waals surface area contributed by atoms with Crippen molar-refractivity contribution >= 4 is 17.5 Å². The van der Waals surface area contributed by atoms with Gasteiger partial charge in [0.1, 0.15) is 5.78 Å². The van der Waals surface area contributed by atoms with Gasteiger partial charge < -0.3 is 10.1 Å². The number of Topliss-reactive ketones (excluding diaryl/α,β-unsaturated/α-hetero) is 2. The first-order valence-electron chi connectivity index (χ1n) is 6.90. The highest BCUT2D eigenvalue weighted by Gasteiger charge is 2.17. The SMILES string of the molecule is CCCOCCC(=O)CC(=O)NC(CCC)C(C)=O. The van der Waals surface area contributed by atoms with Crippen molar-refractivity contribution in [3.8, 4) is 0 Å². The molecule has 1 N–H and O–H groups in total. The predicted octanol–water partition coefficient (Wildman–Crippen LogP) is 1.64. The van der Waals surface area contributed by atoms with E-state index < -0.39 is 6.04 Å². The van der Waals surface area contributed by atoms with Gasteiger partial charge in [-0.2, -0.15) is 0 Å². The topological polar surface area (TPSA) is 72.5 Å². The number of ether oxygens (including phenoxy) is 1. The Bertz CT molecular complexity index is 302. The maximum atomic E-state index is 11.6. The summed E-state index contributed by atoms with van der Waals surface area (Å²) in [4.78, 5) is 34.4. The van der Waals surface area contributed by atoms with Crippen LogP contribution in [-0.2, 0) is 19.1 Å². The first-order chi connectivity index (χ1) is 9.01. The molecule has 0 aliphatic rings. The molecular weight excluding hydrogens is 246 g/mol. The van der Waals surface area contributed by atoms with Gasteiger partial charge in [-0.05, 0) is 19.8 Å². The fraction of sp³-hybridized carbons (Fsp3) is 0.786. The summed E-state index contributed by atoms with van der Waals surface area (Å²) in [6.45, 7) is 6.36. The Morgan fingerprint density at radius 3 is 2.32 bits per heavy atom. The molecule has 0 bridgehead atoms. The van der Waals surface area contributed by atoms with E-state index in [4.69, 9.17) is 4.74 Å². The summed E-state index contributed by atoms with van der Waals surface area (Å²) in [7, 11) is 0. The Kier molecular flexibility index (Phi) is 9.98. The molecule has 5 nitrogen and oxygen atoms in total. The quantitative estimate of drug-likeness (QED) is 0.458. The molecule has 0 radical (unpaired) electrons. The van der Waals surface area contributed by atoms with Crippen molar-refractivity contribution in [2.45, 2.75) is 58.9 Å². The minimum atomic E-state index is -0.471. The summed E-state index contributed by atoms with van der Waals surface area (Å²) >= 11 is 0. The minimum absolute atomic E-state index is 0.0751. The molecule has 0 fully saturated rings. The van der Waals surface area contributed by atoms with Crippen LogP contribution in [-0.4, -0.2) is 36.7 Å². The molecule has 0 aromatic heterocycles. The number of ketones is 2. The van der Waals surface area contributed by atoms with Gasteiger partial charge in [0.15, 0.2) is 5.78 Å². The van der Waals surface area contributed by atoms with E-state index in [1.165, 1.54) is 6.92 Å². The highest BCUT2D eigenvalue weighted by atomic mass is 16.5. The Hall–Kier alpha value is -1.23. The van der Waals surface area contributed by atoms with Gasteiger partial charge in [0, 0.05) is 13.0 Å². The molecule has 5 heteroatoms. The summed E-state index contributed by atoms with van der Waals surface area (Å²) in [6, 6.07) is -0.471. The second-order valence-electron chi connectivity index (χ2n) is 4.60. The third kappa shape index (κ3) is 9.36. The lowest BCUT2D eigenvalue weighted by atomic mass is 10.1. The standard InChI is InChI=1S/C14H25NO4/c1-4-6-13(11(3)16)15-14(18)10-12(17)7-9-19-8-5-2/h13H,4-10H2,1-3H3,(H,15,18). The van der Waals surface area contributed by atoms with Crippen molar-refractivity contribution in [1.82, 2.24) is 5.32 Å². The molecule has 0 saturated heterocycles. The number of carbonyl (C=O) groups is 3. The van der Waals surface area contributed by atoms with Crippen LogP contribution in [0.5, 0.6) is 0 Å². The van der Waals surface area contributed by atoms with Gasteiger partial charge in [-0.15, -0.1) is 0 Å². The summed E-state index contributed by atoms with van der Waals surface area (Å²) in [5.74, 6) is -0.615. The molecule has 0 saturated carbocycles. The van der Waals surface area contributed by atoms with Crippen LogP contribution in [0.2, 0.25) is 0 Å². The summed E-state index contributed by atoms with van der Waals surface area (Å²) in [6.07, 6.45) is 2.39. The third-order valence-corrected chi connectivity index (χ3v) is 2.63. The molecule has 0 aromatic rings. The molecule has 1 atom stereocenters. The maximum absolute atomic E-state index is 11.6. The van der Waals surface area contributed by atoms with Gasteiger partial charge in [0.2, 0.25) is 5.91 Å². The average molecular weight is 271 g/mol. The van der Waals surface area contributed by atoms with Gasteiger partial charge in [-0.3, -0.25) is 14.4 Å². The van der Waals surface area contributed by atoms with E-state index in [2.05, 4.69) is 5.32 Å². The molecule has 0 aromatic carbocycles. The van der Waals surface area contributed by atoms with Crippen molar-refractivity contribution in [1.29, 1.82) is 0 Å². The van der Waals surface area contributed by atoms with Crippen molar-refractivity contribution in [2.75, 3.05) is 13.2 Å². The van der Waals surface area contributed by atoms with Crippen molar-refractivity contribution in [3.05, 3.63) is 0 Å². The highest BCUT2D eigenvalue weighted by Crippen LogP contribution is 2.00. The first-order valence-corrected chi connectivity index (χ1v) is 6.90. The predicted molar refractivity (Wildman–Crippen MR) is 72.9 cm³/mol. The van der Waals surface area contributed by atoms with Crippen LogP contribution >= 0.6 is 0 Å². The number of rotatable bonds is 11. The molecule has 0 aliphatic carbocycles. The van der Waals surface area contributed by atoms with Crippen molar-refractivity contribution < 1.29 is 19.1 Å². The largest absolute Gasteiger partial charge is 0.381 e. The normalized spacial score (nSPS) is 11.9. The van der Waals surface area contributed by atoms with Gasteiger partial charge in [-0.1, -0.05) is 20.3 Å². The van der Waals surface area contributed by atoms with Gasteiger partial charge in [0.25, 0.3) is 0 Å². The number of nitrogens with one attached hydrogen (secondary N) is 1. The molecule has 0 aliphatic heterocycles. The zero-order chi connectivity index (χ0) is 14.7. The van der Waals surface area contributed by atoms with Crippen LogP contribution in [0, 0.1) is 0 Å². The zero-order valence-electron chi connectivity index (χ0n) is 12.2. The molecule has 19 heavy (non-hydrogen) atoms. The molecule has 110 valence electrons. The molecule has 0 spiro atoms. The van der Waals surface area contributed by atoms with Gasteiger partial charge >= 0.3 is 0 Å². The minimum Gasteiger partial charge on any atom is -0.381 e. The lowest BCUT2D eigenvalue weighted by molar-refractivity contribution is -0.131. The fourth-order valence-corrected chi connectivity index (χ4v) is 1.61. The number of hydrogen-bond donors (Lipinski definition) is 1. The van der Waals surface area contributed by atoms with Gasteiger partial charge in [0.05, 0.1) is 19.1 Å².